The monoisotopic (exact) mass is 292 g/mol. The van der Waals surface area contributed by atoms with E-state index in [-0.39, 0.29) is 17.9 Å². The van der Waals surface area contributed by atoms with Crippen molar-refractivity contribution in [3.05, 3.63) is 6.07 Å². The summed E-state index contributed by atoms with van der Waals surface area (Å²) in [5.41, 5.74) is 5.69. The van der Waals surface area contributed by atoms with Crippen molar-refractivity contribution >= 4 is 23.5 Å². The van der Waals surface area contributed by atoms with Gasteiger partial charge in [0.05, 0.1) is 0 Å². The van der Waals surface area contributed by atoms with Crippen LogP contribution < -0.4 is 16.4 Å². The summed E-state index contributed by atoms with van der Waals surface area (Å²) in [6, 6.07) is 1.44. The van der Waals surface area contributed by atoms with Crippen LogP contribution in [0.1, 0.15) is 33.1 Å². The van der Waals surface area contributed by atoms with E-state index in [2.05, 4.69) is 20.6 Å². The smallest absolute Gasteiger partial charge is 0.244 e. The summed E-state index contributed by atoms with van der Waals surface area (Å²) >= 11 is 0. The number of amides is 1. The number of piperidine rings is 1. The van der Waals surface area contributed by atoms with E-state index in [4.69, 9.17) is 5.73 Å². The number of aromatic nitrogens is 2. The van der Waals surface area contributed by atoms with Gasteiger partial charge in [0.15, 0.2) is 0 Å². The topological polar surface area (TPSA) is 96.2 Å². The van der Waals surface area contributed by atoms with Crippen molar-refractivity contribution in [2.24, 2.45) is 0 Å². The van der Waals surface area contributed by atoms with Crippen LogP contribution in [0.25, 0.3) is 0 Å². The number of anilines is 3. The van der Waals surface area contributed by atoms with Crippen molar-refractivity contribution in [1.82, 2.24) is 14.9 Å². The van der Waals surface area contributed by atoms with Gasteiger partial charge in [-0.3, -0.25) is 4.79 Å². The van der Waals surface area contributed by atoms with Crippen molar-refractivity contribution in [1.29, 1.82) is 0 Å². The summed E-state index contributed by atoms with van der Waals surface area (Å²) < 4.78 is 0. The minimum absolute atomic E-state index is 0.108. The first-order valence-corrected chi connectivity index (χ1v) is 7.54. The Morgan fingerprint density at radius 1 is 1.33 bits per heavy atom. The van der Waals surface area contributed by atoms with Crippen molar-refractivity contribution in [2.45, 2.75) is 39.2 Å². The van der Waals surface area contributed by atoms with Crippen molar-refractivity contribution in [3.8, 4) is 0 Å². The molecule has 21 heavy (non-hydrogen) atoms. The Hall–Kier alpha value is -2.05. The molecule has 1 saturated heterocycles. The highest BCUT2D eigenvalue weighted by Crippen LogP contribution is 2.15. The zero-order chi connectivity index (χ0) is 15.2. The summed E-state index contributed by atoms with van der Waals surface area (Å²) in [5.74, 6) is 1.52. The number of carbonyl (C=O) groups is 1. The van der Waals surface area contributed by atoms with Gasteiger partial charge in [0.25, 0.3) is 0 Å². The molecule has 1 aliphatic heterocycles. The highest BCUT2D eigenvalue weighted by Gasteiger charge is 2.22. The van der Waals surface area contributed by atoms with E-state index in [0.717, 1.165) is 32.5 Å². The fourth-order valence-corrected chi connectivity index (χ4v) is 2.48. The van der Waals surface area contributed by atoms with E-state index < -0.39 is 0 Å². The molecule has 0 aliphatic carbocycles. The molecule has 0 spiro atoms. The van der Waals surface area contributed by atoms with Gasteiger partial charge in [-0.05, 0) is 33.1 Å². The molecule has 4 N–H and O–H groups in total. The highest BCUT2D eigenvalue weighted by atomic mass is 16.2. The Labute approximate surface area is 125 Å². The van der Waals surface area contributed by atoms with Crippen molar-refractivity contribution < 1.29 is 4.79 Å². The van der Waals surface area contributed by atoms with Crippen LogP contribution in [0.15, 0.2) is 6.07 Å². The molecule has 1 unspecified atom stereocenters. The lowest BCUT2D eigenvalue weighted by Crippen LogP contribution is -2.44. The molecule has 1 aromatic rings. The van der Waals surface area contributed by atoms with E-state index in [1.807, 2.05) is 18.7 Å². The second-order valence-electron chi connectivity index (χ2n) is 5.28. The number of likely N-dealkylation sites (tertiary alicyclic amines) is 1. The summed E-state index contributed by atoms with van der Waals surface area (Å²) in [5, 5.41) is 6.20. The van der Waals surface area contributed by atoms with Gasteiger partial charge in [-0.25, -0.2) is 0 Å². The van der Waals surface area contributed by atoms with Crippen LogP contribution in [0, 0.1) is 0 Å². The van der Waals surface area contributed by atoms with Crippen molar-refractivity contribution in [2.75, 3.05) is 36.0 Å². The molecule has 7 heteroatoms. The third kappa shape index (κ3) is 4.21. The Morgan fingerprint density at radius 2 is 2.00 bits per heavy atom. The number of nitrogens with zero attached hydrogens (tertiary/aromatic N) is 3. The Kier molecular flexibility index (Phi) is 5.19. The minimum atomic E-state index is -0.327. The summed E-state index contributed by atoms with van der Waals surface area (Å²) in [7, 11) is 0. The van der Waals surface area contributed by atoms with Gasteiger partial charge in [-0.15, -0.1) is 0 Å². The molecule has 0 radical (unpaired) electrons. The zero-order valence-corrected chi connectivity index (χ0v) is 12.7. The largest absolute Gasteiger partial charge is 0.370 e. The minimum Gasteiger partial charge on any atom is -0.370 e. The van der Waals surface area contributed by atoms with Crippen molar-refractivity contribution in [3.63, 3.8) is 0 Å². The SMILES string of the molecule is CCNc1cc(NC(C)C(=O)N2CCCCC2)nc(N)n1. The molecule has 2 rings (SSSR count). The standard InChI is InChI=1S/C14H24N6O/c1-3-16-11-9-12(19-14(15)18-11)17-10(2)13(21)20-7-5-4-6-8-20/h9-10H,3-8H2,1-2H3,(H4,15,16,17,18,19). The molecule has 0 bridgehead atoms. The molecule has 1 atom stereocenters. The number of hydrogen-bond acceptors (Lipinski definition) is 6. The van der Waals surface area contributed by atoms with Crippen LogP contribution >= 0.6 is 0 Å². The maximum Gasteiger partial charge on any atom is 0.244 e. The second kappa shape index (κ2) is 7.10. The molecule has 1 aromatic heterocycles. The van der Waals surface area contributed by atoms with Gasteiger partial charge in [0.2, 0.25) is 11.9 Å². The van der Waals surface area contributed by atoms with Gasteiger partial charge in [-0.2, -0.15) is 9.97 Å². The normalized spacial score (nSPS) is 16.4. The first-order chi connectivity index (χ1) is 10.1. The first-order valence-electron chi connectivity index (χ1n) is 7.54. The maximum absolute atomic E-state index is 12.4. The molecular formula is C14H24N6O. The van der Waals surface area contributed by atoms with Gasteiger partial charge >= 0.3 is 0 Å². The third-order valence-corrected chi connectivity index (χ3v) is 3.50. The molecular weight excluding hydrogens is 268 g/mol. The fourth-order valence-electron chi connectivity index (χ4n) is 2.48. The van der Waals surface area contributed by atoms with Crippen LogP contribution in [-0.2, 0) is 4.79 Å². The predicted octanol–water partition coefficient (Wildman–Crippen LogP) is 1.30. The van der Waals surface area contributed by atoms with E-state index in [1.165, 1.54) is 6.42 Å². The van der Waals surface area contributed by atoms with Crippen LogP contribution in [-0.4, -0.2) is 46.5 Å². The van der Waals surface area contributed by atoms with Crippen LogP contribution in [0.4, 0.5) is 17.6 Å². The molecule has 0 aromatic carbocycles. The third-order valence-electron chi connectivity index (χ3n) is 3.50. The quantitative estimate of drug-likeness (QED) is 0.757. The number of nitrogens with one attached hydrogen (secondary N) is 2. The maximum atomic E-state index is 12.4. The lowest BCUT2D eigenvalue weighted by molar-refractivity contribution is -0.132. The van der Waals surface area contributed by atoms with Gasteiger partial charge in [0.1, 0.15) is 17.7 Å². The number of carbonyl (C=O) groups excluding carboxylic acids is 1. The van der Waals surface area contributed by atoms with Crippen LogP contribution in [0.2, 0.25) is 0 Å². The average molecular weight is 292 g/mol. The lowest BCUT2D eigenvalue weighted by atomic mass is 10.1. The highest BCUT2D eigenvalue weighted by molar-refractivity contribution is 5.84. The second-order valence-corrected chi connectivity index (χ2v) is 5.28. The van der Waals surface area contributed by atoms with Gasteiger partial charge in [-0.1, -0.05) is 0 Å². The zero-order valence-electron chi connectivity index (χ0n) is 12.7. The summed E-state index contributed by atoms with van der Waals surface area (Å²) in [4.78, 5) is 22.5. The Morgan fingerprint density at radius 3 is 2.67 bits per heavy atom. The molecule has 1 amide bonds. The number of nitrogen functional groups attached to an aromatic ring is 1. The van der Waals surface area contributed by atoms with Gasteiger partial charge < -0.3 is 21.3 Å². The molecule has 1 fully saturated rings. The Bertz CT molecular complexity index is 486. The predicted molar refractivity (Wildman–Crippen MR) is 84.1 cm³/mol. The summed E-state index contributed by atoms with van der Waals surface area (Å²) in [6.45, 7) is 6.27. The molecule has 0 saturated carbocycles. The fraction of sp³-hybridized carbons (Fsp3) is 0.643. The van der Waals surface area contributed by atoms with Gasteiger partial charge in [0, 0.05) is 25.7 Å². The van der Waals surface area contributed by atoms with Crippen LogP contribution in [0.3, 0.4) is 0 Å². The number of rotatable bonds is 5. The molecule has 116 valence electrons. The number of nitrogens with two attached hydrogens (primary N) is 1. The first kappa shape index (κ1) is 15.3. The van der Waals surface area contributed by atoms with E-state index in [1.54, 1.807) is 6.07 Å². The Balaban J connectivity index is 2.01. The number of hydrogen-bond donors (Lipinski definition) is 3. The molecule has 7 nitrogen and oxygen atoms in total. The lowest BCUT2D eigenvalue weighted by Gasteiger charge is -2.29. The van der Waals surface area contributed by atoms with E-state index in [0.29, 0.717) is 11.6 Å². The van der Waals surface area contributed by atoms with E-state index >= 15 is 0 Å². The van der Waals surface area contributed by atoms with Crippen LogP contribution in [0.5, 0.6) is 0 Å². The summed E-state index contributed by atoms with van der Waals surface area (Å²) in [6.07, 6.45) is 3.38. The molecule has 1 aliphatic rings. The van der Waals surface area contributed by atoms with E-state index in [9.17, 15) is 4.79 Å². The average Bonchev–Trinajstić information content (AvgIpc) is 2.47. The molecule has 2 heterocycles.